The minimum Gasteiger partial charge on any atom is -0.356 e. The molecule has 0 fully saturated rings. The number of benzene rings is 1. The number of nitrogens with zero attached hydrogens (tertiary/aromatic N) is 1. The smallest absolute Gasteiger partial charge is 0.251 e. The number of hydrogen-bond donors (Lipinski definition) is 1. The van der Waals surface area contributed by atoms with Gasteiger partial charge in [0, 0.05) is 37.7 Å². The van der Waals surface area contributed by atoms with Crippen molar-refractivity contribution >= 4 is 25.6 Å². The number of carbonyl (C=O) groups excluding carboxylic acids is 2. The van der Waals surface area contributed by atoms with Crippen LogP contribution in [0.25, 0.3) is 0 Å². The first-order valence-electron chi connectivity index (χ1n) is 8.62. The fourth-order valence-electron chi connectivity index (χ4n) is 2.83. The molecule has 1 aliphatic heterocycles. The van der Waals surface area contributed by atoms with E-state index < -0.39 is 8.07 Å². The maximum absolute atomic E-state index is 12.6. The summed E-state index contributed by atoms with van der Waals surface area (Å²) >= 11 is 0. The molecule has 1 atom stereocenters. The van der Waals surface area contributed by atoms with E-state index in [1.807, 2.05) is 18.2 Å². The number of fused-ring (bicyclic) bond motifs is 1. The first kappa shape index (κ1) is 19.0. The van der Waals surface area contributed by atoms with Crippen LogP contribution >= 0.6 is 0 Å². The van der Waals surface area contributed by atoms with Gasteiger partial charge in [0.2, 0.25) is 5.91 Å². The molecule has 0 spiro atoms. The van der Waals surface area contributed by atoms with Gasteiger partial charge in [0.25, 0.3) is 5.91 Å². The van der Waals surface area contributed by atoms with E-state index in [4.69, 9.17) is 0 Å². The van der Waals surface area contributed by atoms with E-state index in [-0.39, 0.29) is 17.7 Å². The summed E-state index contributed by atoms with van der Waals surface area (Å²) in [7, 11) is -1.43. The molecule has 25 heavy (non-hydrogen) atoms. The Hall–Kier alpha value is -2.32. The van der Waals surface area contributed by atoms with Crippen LogP contribution in [-0.4, -0.2) is 33.0 Å². The van der Waals surface area contributed by atoms with E-state index in [0.717, 1.165) is 12.1 Å². The number of amides is 2. The second-order valence-electron chi connectivity index (χ2n) is 7.33. The SMILES string of the molecule is CC(=O)NCCC1CN(C(=O)/C=C/C#C[Si](C)(C)C)c2ccccc21. The Kier molecular flexibility index (Phi) is 6.21. The van der Waals surface area contributed by atoms with Crippen molar-refractivity contribution in [2.45, 2.75) is 38.9 Å². The van der Waals surface area contributed by atoms with Crippen LogP contribution in [0.5, 0.6) is 0 Å². The summed E-state index contributed by atoms with van der Waals surface area (Å²) in [6, 6.07) is 7.99. The fraction of sp³-hybridized carbons (Fsp3) is 0.400. The van der Waals surface area contributed by atoms with Crippen LogP contribution < -0.4 is 10.2 Å². The van der Waals surface area contributed by atoms with Gasteiger partial charge in [0.15, 0.2) is 0 Å². The molecule has 0 aliphatic carbocycles. The van der Waals surface area contributed by atoms with Gasteiger partial charge in [-0.05, 0) is 24.1 Å². The van der Waals surface area contributed by atoms with E-state index in [1.165, 1.54) is 12.5 Å². The first-order valence-corrected chi connectivity index (χ1v) is 12.1. The summed E-state index contributed by atoms with van der Waals surface area (Å²) in [5, 5.41) is 2.83. The van der Waals surface area contributed by atoms with Gasteiger partial charge in [0.1, 0.15) is 8.07 Å². The number of hydrogen-bond acceptors (Lipinski definition) is 2. The molecule has 132 valence electrons. The van der Waals surface area contributed by atoms with Crippen molar-refractivity contribution in [3.63, 3.8) is 0 Å². The van der Waals surface area contributed by atoms with E-state index >= 15 is 0 Å². The summed E-state index contributed by atoms with van der Waals surface area (Å²) in [5.41, 5.74) is 5.36. The minimum atomic E-state index is -1.43. The van der Waals surface area contributed by atoms with Crippen molar-refractivity contribution in [3.05, 3.63) is 42.0 Å². The zero-order valence-corrected chi connectivity index (χ0v) is 16.4. The van der Waals surface area contributed by atoms with Crippen LogP contribution in [-0.2, 0) is 9.59 Å². The summed E-state index contributed by atoms with van der Waals surface area (Å²) in [4.78, 5) is 25.4. The highest BCUT2D eigenvalue weighted by atomic mass is 28.3. The van der Waals surface area contributed by atoms with Crippen molar-refractivity contribution in [1.29, 1.82) is 0 Å². The molecule has 1 unspecified atom stereocenters. The quantitative estimate of drug-likeness (QED) is 0.513. The highest BCUT2D eigenvalue weighted by molar-refractivity contribution is 6.83. The third kappa shape index (κ3) is 5.61. The van der Waals surface area contributed by atoms with Crippen molar-refractivity contribution in [1.82, 2.24) is 5.32 Å². The number of nitrogens with one attached hydrogen (secondary N) is 1. The molecule has 1 aromatic carbocycles. The molecule has 0 saturated carbocycles. The molecule has 1 heterocycles. The van der Waals surface area contributed by atoms with E-state index in [1.54, 1.807) is 17.1 Å². The van der Waals surface area contributed by atoms with Crippen molar-refractivity contribution in [2.75, 3.05) is 18.0 Å². The largest absolute Gasteiger partial charge is 0.356 e. The van der Waals surface area contributed by atoms with Crippen molar-refractivity contribution < 1.29 is 9.59 Å². The Labute approximate surface area is 151 Å². The molecule has 0 bridgehead atoms. The Balaban J connectivity index is 2.08. The average molecular weight is 355 g/mol. The standard InChI is InChI=1S/C20H26N2O2Si/c1-16(23)21-13-12-17-15-22(19-10-6-5-9-18(17)19)20(24)11-7-8-14-25(2,3)4/h5-7,9-11,17H,12-13,15H2,1-4H3,(H,21,23)/b11-7+. The Morgan fingerprint density at radius 2 is 2.04 bits per heavy atom. The van der Waals surface area contributed by atoms with Crippen LogP contribution in [0, 0.1) is 11.5 Å². The molecule has 4 nitrogen and oxygen atoms in total. The third-order valence-electron chi connectivity index (χ3n) is 3.96. The van der Waals surface area contributed by atoms with Gasteiger partial charge in [-0.15, -0.1) is 5.54 Å². The predicted octanol–water partition coefficient (Wildman–Crippen LogP) is 3.08. The van der Waals surface area contributed by atoms with E-state index in [0.29, 0.717) is 13.1 Å². The predicted molar refractivity (Wildman–Crippen MR) is 105 cm³/mol. The molecule has 1 aromatic rings. The maximum Gasteiger partial charge on any atom is 0.251 e. The molecular formula is C20H26N2O2Si. The third-order valence-corrected chi connectivity index (χ3v) is 4.85. The van der Waals surface area contributed by atoms with Crippen LogP contribution in [0.4, 0.5) is 5.69 Å². The Morgan fingerprint density at radius 3 is 2.72 bits per heavy atom. The molecule has 0 saturated heterocycles. The summed E-state index contributed by atoms with van der Waals surface area (Å²) in [6.45, 7) is 9.30. The van der Waals surface area contributed by atoms with Crippen LogP contribution in [0.1, 0.15) is 24.8 Å². The summed E-state index contributed by atoms with van der Waals surface area (Å²) in [6.07, 6.45) is 4.04. The lowest BCUT2D eigenvalue weighted by molar-refractivity contribution is -0.119. The number of anilines is 1. The highest BCUT2D eigenvalue weighted by Crippen LogP contribution is 2.37. The zero-order valence-electron chi connectivity index (χ0n) is 15.4. The molecule has 2 amide bonds. The number of carbonyl (C=O) groups is 2. The topological polar surface area (TPSA) is 49.4 Å². The second-order valence-corrected chi connectivity index (χ2v) is 12.1. The van der Waals surface area contributed by atoms with Crippen molar-refractivity contribution in [2.24, 2.45) is 0 Å². The fourth-order valence-corrected chi connectivity index (χ4v) is 3.35. The van der Waals surface area contributed by atoms with E-state index in [9.17, 15) is 9.59 Å². The molecular weight excluding hydrogens is 328 g/mol. The monoisotopic (exact) mass is 354 g/mol. The number of para-hydroxylation sites is 1. The first-order chi connectivity index (χ1) is 11.8. The van der Waals surface area contributed by atoms with Gasteiger partial charge in [0.05, 0.1) is 0 Å². The van der Waals surface area contributed by atoms with Gasteiger partial charge < -0.3 is 10.2 Å². The van der Waals surface area contributed by atoms with Gasteiger partial charge >= 0.3 is 0 Å². The van der Waals surface area contributed by atoms with Crippen molar-refractivity contribution in [3.8, 4) is 11.5 Å². The van der Waals surface area contributed by atoms with Gasteiger partial charge in [-0.1, -0.05) is 43.8 Å². The van der Waals surface area contributed by atoms with Gasteiger partial charge in [-0.25, -0.2) is 0 Å². The van der Waals surface area contributed by atoms with E-state index in [2.05, 4.69) is 42.5 Å². The Bertz CT molecular complexity index is 738. The molecule has 0 aromatic heterocycles. The molecule has 5 heteroatoms. The van der Waals surface area contributed by atoms with Gasteiger partial charge in [-0.3, -0.25) is 9.59 Å². The van der Waals surface area contributed by atoms with Crippen LogP contribution in [0.3, 0.4) is 0 Å². The minimum absolute atomic E-state index is 0.0249. The second kappa shape index (κ2) is 8.17. The normalized spacial score (nSPS) is 16.3. The summed E-state index contributed by atoms with van der Waals surface area (Å²) in [5.74, 6) is 3.17. The number of allylic oxidation sites excluding steroid dienone is 1. The molecule has 0 radical (unpaired) electrons. The van der Waals surface area contributed by atoms with Gasteiger partial charge in [-0.2, -0.15) is 0 Å². The molecule has 2 rings (SSSR count). The molecule has 1 N–H and O–H groups in total. The molecule has 1 aliphatic rings. The number of rotatable bonds is 4. The lowest BCUT2D eigenvalue weighted by Crippen LogP contribution is -2.29. The highest BCUT2D eigenvalue weighted by Gasteiger charge is 2.30. The summed E-state index contributed by atoms with van der Waals surface area (Å²) < 4.78 is 0. The lowest BCUT2D eigenvalue weighted by Gasteiger charge is -2.15. The van der Waals surface area contributed by atoms with Crippen LogP contribution in [0.15, 0.2) is 36.4 Å². The lowest BCUT2D eigenvalue weighted by atomic mass is 9.98. The maximum atomic E-state index is 12.6. The zero-order chi connectivity index (χ0) is 18.4. The van der Waals surface area contributed by atoms with Crippen LogP contribution in [0.2, 0.25) is 19.6 Å². The average Bonchev–Trinajstić information content (AvgIpc) is 2.89. The Morgan fingerprint density at radius 1 is 1.32 bits per heavy atom.